The molecule has 0 heterocycles. The summed E-state index contributed by atoms with van der Waals surface area (Å²) in [5, 5.41) is 0. The lowest BCUT2D eigenvalue weighted by molar-refractivity contribution is 0.0772. The number of amides is 1. The molecule has 0 aliphatic rings. The molecule has 0 aliphatic carbocycles. The van der Waals surface area contributed by atoms with E-state index >= 15 is 0 Å². The Labute approximate surface area is 105 Å². The Balaban J connectivity index is 3.04. The van der Waals surface area contributed by atoms with E-state index in [1.54, 1.807) is 0 Å². The molecule has 0 fully saturated rings. The van der Waals surface area contributed by atoms with Gasteiger partial charge in [-0.05, 0) is 61.1 Å². The fourth-order valence-electron chi connectivity index (χ4n) is 1.51. The molecule has 3 heteroatoms. The molecule has 0 saturated heterocycles. The smallest absolute Gasteiger partial charge is 0.254 e. The predicted molar refractivity (Wildman–Crippen MR) is 71.1 cm³/mol. The highest BCUT2D eigenvalue weighted by Gasteiger charge is 2.14. The lowest BCUT2D eigenvalue weighted by Crippen LogP contribution is -2.31. The minimum absolute atomic E-state index is 0.135. The summed E-state index contributed by atoms with van der Waals surface area (Å²) in [6.07, 6.45) is 0. The van der Waals surface area contributed by atoms with E-state index in [9.17, 15) is 4.79 Å². The van der Waals surface area contributed by atoms with Crippen LogP contribution in [0.1, 0.15) is 29.8 Å². The van der Waals surface area contributed by atoms with Crippen LogP contribution < -0.4 is 0 Å². The molecular formula is C12H16INO. The number of hydrogen-bond donors (Lipinski definition) is 0. The molecule has 2 nitrogen and oxygen atoms in total. The van der Waals surface area contributed by atoms with Gasteiger partial charge in [-0.1, -0.05) is 6.07 Å². The normalized spacial score (nSPS) is 10.1. The first kappa shape index (κ1) is 12.5. The van der Waals surface area contributed by atoms with Crippen molar-refractivity contribution < 1.29 is 4.79 Å². The van der Waals surface area contributed by atoms with Crippen LogP contribution in [0.25, 0.3) is 0 Å². The van der Waals surface area contributed by atoms with Crippen molar-refractivity contribution in [1.29, 1.82) is 0 Å². The van der Waals surface area contributed by atoms with Gasteiger partial charge in [-0.15, -0.1) is 0 Å². The fraction of sp³-hybridized carbons (Fsp3) is 0.417. The van der Waals surface area contributed by atoms with Crippen LogP contribution >= 0.6 is 22.6 Å². The van der Waals surface area contributed by atoms with Crippen molar-refractivity contribution in [3.8, 4) is 0 Å². The van der Waals surface area contributed by atoms with Crippen LogP contribution in [0.2, 0.25) is 0 Å². The molecular weight excluding hydrogens is 301 g/mol. The van der Waals surface area contributed by atoms with E-state index in [-0.39, 0.29) is 5.91 Å². The molecule has 82 valence electrons. The first-order chi connectivity index (χ1) is 7.10. The number of halogens is 1. The Morgan fingerprint density at radius 2 is 1.93 bits per heavy atom. The van der Waals surface area contributed by atoms with Gasteiger partial charge < -0.3 is 4.90 Å². The first-order valence-corrected chi connectivity index (χ1v) is 6.23. The first-order valence-electron chi connectivity index (χ1n) is 5.15. The number of nitrogens with zero attached hydrogens (tertiary/aromatic N) is 1. The lowest BCUT2D eigenvalue weighted by Gasteiger charge is -2.19. The summed E-state index contributed by atoms with van der Waals surface area (Å²) in [5.41, 5.74) is 1.87. The Bertz CT molecular complexity index is 359. The zero-order valence-corrected chi connectivity index (χ0v) is 11.5. The average Bonchev–Trinajstić information content (AvgIpc) is 2.23. The summed E-state index contributed by atoms with van der Waals surface area (Å²) >= 11 is 2.23. The third-order valence-electron chi connectivity index (χ3n) is 2.48. The number of benzene rings is 1. The number of hydrogen-bond acceptors (Lipinski definition) is 1. The van der Waals surface area contributed by atoms with Crippen molar-refractivity contribution in [3.63, 3.8) is 0 Å². The fourth-order valence-corrected chi connectivity index (χ4v) is 2.00. The van der Waals surface area contributed by atoms with E-state index in [2.05, 4.69) is 22.6 Å². The molecule has 0 aliphatic heterocycles. The lowest BCUT2D eigenvalue weighted by atomic mass is 10.1. The van der Waals surface area contributed by atoms with E-state index in [4.69, 9.17) is 0 Å². The predicted octanol–water partition coefficient (Wildman–Crippen LogP) is 3.08. The molecule has 1 rings (SSSR count). The molecule has 0 spiro atoms. The van der Waals surface area contributed by atoms with Crippen LogP contribution in [-0.2, 0) is 0 Å². The Kier molecular flexibility index (Phi) is 4.57. The summed E-state index contributed by atoms with van der Waals surface area (Å²) in [6, 6.07) is 5.98. The zero-order chi connectivity index (χ0) is 11.4. The number of carbonyl (C=O) groups is 1. The molecule has 0 N–H and O–H groups in total. The molecule has 0 saturated carbocycles. The van der Waals surface area contributed by atoms with Crippen molar-refractivity contribution in [1.82, 2.24) is 4.90 Å². The highest BCUT2D eigenvalue weighted by atomic mass is 127. The van der Waals surface area contributed by atoms with E-state index in [0.29, 0.717) is 0 Å². The molecule has 0 bridgehead atoms. The highest BCUT2D eigenvalue weighted by Crippen LogP contribution is 2.15. The third-order valence-corrected chi connectivity index (χ3v) is 3.15. The van der Waals surface area contributed by atoms with Gasteiger partial charge in [-0.25, -0.2) is 0 Å². The van der Waals surface area contributed by atoms with Crippen molar-refractivity contribution >= 4 is 28.5 Å². The van der Waals surface area contributed by atoms with E-state index in [1.165, 1.54) is 0 Å². The van der Waals surface area contributed by atoms with Crippen molar-refractivity contribution in [2.75, 3.05) is 13.1 Å². The topological polar surface area (TPSA) is 20.3 Å². The van der Waals surface area contributed by atoms with Crippen molar-refractivity contribution in [2.24, 2.45) is 0 Å². The van der Waals surface area contributed by atoms with Crippen molar-refractivity contribution in [2.45, 2.75) is 20.8 Å². The van der Waals surface area contributed by atoms with Gasteiger partial charge in [0.15, 0.2) is 0 Å². The third kappa shape index (κ3) is 2.93. The van der Waals surface area contributed by atoms with Crippen molar-refractivity contribution in [3.05, 3.63) is 32.9 Å². The Morgan fingerprint density at radius 1 is 1.33 bits per heavy atom. The SMILES string of the molecule is CCN(CC)C(=O)c1cc(I)ccc1C. The minimum atomic E-state index is 0.135. The van der Waals surface area contributed by atoms with Gasteiger partial charge in [-0.2, -0.15) is 0 Å². The van der Waals surface area contributed by atoms with Gasteiger partial charge in [0.2, 0.25) is 0 Å². The quantitative estimate of drug-likeness (QED) is 0.785. The molecule has 0 aromatic heterocycles. The molecule has 1 aromatic rings. The standard InChI is InChI=1S/C12H16INO/c1-4-14(5-2)12(15)11-8-10(13)7-6-9(11)3/h6-8H,4-5H2,1-3H3. The average molecular weight is 317 g/mol. The second-order valence-corrected chi connectivity index (χ2v) is 4.68. The Hall–Kier alpha value is -0.580. The van der Waals surface area contributed by atoms with Crippen LogP contribution in [0.5, 0.6) is 0 Å². The maximum absolute atomic E-state index is 12.1. The second kappa shape index (κ2) is 5.49. The van der Waals surface area contributed by atoms with Gasteiger partial charge in [0.05, 0.1) is 0 Å². The number of aryl methyl sites for hydroxylation is 1. The van der Waals surface area contributed by atoms with Crippen LogP contribution in [0.3, 0.4) is 0 Å². The summed E-state index contributed by atoms with van der Waals surface area (Å²) < 4.78 is 1.11. The highest BCUT2D eigenvalue weighted by molar-refractivity contribution is 14.1. The van der Waals surface area contributed by atoms with Crippen LogP contribution in [0.4, 0.5) is 0 Å². The van der Waals surface area contributed by atoms with Gasteiger partial charge in [0.1, 0.15) is 0 Å². The number of carbonyl (C=O) groups excluding carboxylic acids is 1. The summed E-state index contributed by atoms with van der Waals surface area (Å²) in [4.78, 5) is 13.9. The monoisotopic (exact) mass is 317 g/mol. The van der Waals surface area contributed by atoms with Crippen LogP contribution in [0.15, 0.2) is 18.2 Å². The molecule has 1 amide bonds. The molecule has 1 aromatic carbocycles. The molecule has 0 atom stereocenters. The van der Waals surface area contributed by atoms with E-state index in [0.717, 1.165) is 27.8 Å². The minimum Gasteiger partial charge on any atom is -0.339 e. The largest absolute Gasteiger partial charge is 0.339 e. The summed E-state index contributed by atoms with van der Waals surface area (Å²) in [6.45, 7) is 7.52. The molecule has 15 heavy (non-hydrogen) atoms. The van der Waals surface area contributed by atoms with E-state index < -0.39 is 0 Å². The van der Waals surface area contributed by atoms with Gasteiger partial charge in [0, 0.05) is 22.2 Å². The van der Waals surface area contributed by atoms with Crippen LogP contribution in [-0.4, -0.2) is 23.9 Å². The zero-order valence-electron chi connectivity index (χ0n) is 9.38. The maximum atomic E-state index is 12.1. The van der Waals surface area contributed by atoms with Gasteiger partial charge in [-0.3, -0.25) is 4.79 Å². The number of rotatable bonds is 3. The molecule has 0 unspecified atom stereocenters. The Morgan fingerprint density at radius 3 is 2.47 bits per heavy atom. The van der Waals surface area contributed by atoms with Crippen LogP contribution in [0, 0.1) is 10.5 Å². The van der Waals surface area contributed by atoms with E-state index in [1.807, 2.05) is 43.9 Å². The summed E-state index contributed by atoms with van der Waals surface area (Å²) in [7, 11) is 0. The maximum Gasteiger partial charge on any atom is 0.254 e. The second-order valence-electron chi connectivity index (χ2n) is 3.44. The summed E-state index contributed by atoms with van der Waals surface area (Å²) in [5.74, 6) is 0.135. The van der Waals surface area contributed by atoms with Gasteiger partial charge >= 0.3 is 0 Å². The molecule has 0 radical (unpaired) electrons. The van der Waals surface area contributed by atoms with Gasteiger partial charge in [0.25, 0.3) is 5.91 Å².